The highest BCUT2D eigenvalue weighted by Crippen LogP contribution is 2.35. The normalized spacial score (nSPS) is 26.8. The Bertz CT molecular complexity index is 472. The zero-order valence-corrected chi connectivity index (χ0v) is 10.5. The third kappa shape index (κ3) is 1.94. The first kappa shape index (κ1) is 11.1. The van der Waals surface area contributed by atoms with Crippen LogP contribution in [0.1, 0.15) is 18.4 Å². The molecule has 0 amide bonds. The molecule has 1 aliphatic carbocycles. The van der Waals surface area contributed by atoms with Gasteiger partial charge < -0.3 is 10.1 Å². The van der Waals surface area contributed by atoms with Crippen molar-refractivity contribution >= 4 is 17.2 Å². The van der Waals surface area contributed by atoms with Crippen LogP contribution < -0.4 is 10.1 Å². The van der Waals surface area contributed by atoms with E-state index in [2.05, 4.69) is 16.4 Å². The fourth-order valence-electron chi connectivity index (χ4n) is 2.53. The second kappa shape index (κ2) is 4.31. The van der Waals surface area contributed by atoms with Gasteiger partial charge in [0, 0.05) is 18.8 Å². The molecule has 0 bridgehead atoms. The van der Waals surface area contributed by atoms with E-state index in [-0.39, 0.29) is 0 Å². The van der Waals surface area contributed by atoms with Gasteiger partial charge in [0.1, 0.15) is 0 Å². The topological polar surface area (TPSA) is 34.1 Å². The molecule has 1 aromatic rings. The maximum atomic E-state index is 5.93. The van der Waals surface area contributed by atoms with Gasteiger partial charge in [0.2, 0.25) is 0 Å². The van der Waals surface area contributed by atoms with Crippen LogP contribution >= 0.6 is 11.6 Å². The lowest BCUT2D eigenvalue weighted by Crippen LogP contribution is -2.53. The van der Waals surface area contributed by atoms with E-state index in [0.29, 0.717) is 16.9 Å². The van der Waals surface area contributed by atoms with Crippen LogP contribution in [0.15, 0.2) is 18.3 Å². The highest BCUT2D eigenvalue weighted by atomic mass is 35.5. The first-order valence-electron chi connectivity index (χ1n) is 5.90. The number of aromatic nitrogens is 1. The van der Waals surface area contributed by atoms with E-state index in [4.69, 9.17) is 16.3 Å². The fourth-order valence-corrected chi connectivity index (χ4v) is 2.71. The summed E-state index contributed by atoms with van der Waals surface area (Å²) in [6.07, 6.45) is 6.40. The van der Waals surface area contributed by atoms with Gasteiger partial charge in [-0.25, -0.2) is 4.98 Å². The molecule has 2 aliphatic rings. The first-order valence-corrected chi connectivity index (χ1v) is 6.28. The number of pyridine rings is 1. The molecule has 1 N–H and O–H groups in total. The van der Waals surface area contributed by atoms with E-state index >= 15 is 0 Å². The predicted octanol–water partition coefficient (Wildman–Crippen LogP) is 2.51. The summed E-state index contributed by atoms with van der Waals surface area (Å²) in [6.45, 7) is 1.16. The molecule has 0 unspecified atom stereocenters. The monoisotopic (exact) mass is 250 g/mol. The molecule has 0 spiro atoms. The first-order chi connectivity index (χ1) is 8.28. The van der Waals surface area contributed by atoms with Gasteiger partial charge in [-0.3, -0.25) is 0 Å². The summed E-state index contributed by atoms with van der Waals surface area (Å²) in [4.78, 5) is 4.17. The molecule has 1 saturated heterocycles. The number of rotatable bonds is 2. The Morgan fingerprint density at radius 3 is 3.06 bits per heavy atom. The average Bonchev–Trinajstić information content (AvgIpc) is 2.32. The van der Waals surface area contributed by atoms with Gasteiger partial charge >= 0.3 is 0 Å². The van der Waals surface area contributed by atoms with Gasteiger partial charge in [-0.2, -0.15) is 0 Å². The molecule has 0 radical (unpaired) electrons. The predicted molar refractivity (Wildman–Crippen MR) is 68.3 cm³/mol. The summed E-state index contributed by atoms with van der Waals surface area (Å²) in [7, 11) is 1.62. The molecule has 4 heteroatoms. The minimum Gasteiger partial charge on any atom is -0.494 e. The molecule has 1 aliphatic heterocycles. The molecule has 2 atom stereocenters. The molecular formula is C13H15ClN2O. The molecule has 90 valence electrons. The van der Waals surface area contributed by atoms with Crippen molar-refractivity contribution in [3.8, 4) is 5.75 Å². The van der Waals surface area contributed by atoms with Gasteiger partial charge in [-0.1, -0.05) is 17.7 Å². The standard InChI is InChI=1S/C13H15ClN2O/c1-17-12-5-10(7-16-13(12)14)8-2-3-9-6-15-11(9)4-8/h2,5,7,9,11,15H,3-4,6H2,1H3/t9-,11-/m0/s1. The van der Waals surface area contributed by atoms with Gasteiger partial charge in [0.05, 0.1) is 7.11 Å². The van der Waals surface area contributed by atoms with Crippen molar-refractivity contribution in [3.63, 3.8) is 0 Å². The minimum absolute atomic E-state index is 0.423. The number of halogens is 1. The summed E-state index contributed by atoms with van der Waals surface area (Å²) < 4.78 is 5.20. The summed E-state index contributed by atoms with van der Waals surface area (Å²) in [5, 5.41) is 3.89. The zero-order valence-electron chi connectivity index (χ0n) is 9.74. The van der Waals surface area contributed by atoms with E-state index in [1.54, 1.807) is 7.11 Å². The van der Waals surface area contributed by atoms with Crippen molar-refractivity contribution in [2.24, 2.45) is 5.92 Å². The highest BCUT2D eigenvalue weighted by molar-refractivity contribution is 6.30. The van der Waals surface area contributed by atoms with Crippen LogP contribution in [0.5, 0.6) is 5.75 Å². The molecule has 0 saturated carbocycles. The third-order valence-electron chi connectivity index (χ3n) is 3.72. The third-order valence-corrected chi connectivity index (χ3v) is 4.00. The van der Waals surface area contributed by atoms with Crippen molar-refractivity contribution in [3.05, 3.63) is 29.1 Å². The van der Waals surface area contributed by atoms with Gasteiger partial charge in [0.25, 0.3) is 0 Å². The lowest BCUT2D eigenvalue weighted by molar-refractivity contribution is 0.230. The van der Waals surface area contributed by atoms with Crippen molar-refractivity contribution in [2.45, 2.75) is 18.9 Å². The Kier molecular flexibility index (Phi) is 2.81. The Morgan fingerprint density at radius 2 is 2.41 bits per heavy atom. The Labute approximate surface area is 106 Å². The van der Waals surface area contributed by atoms with E-state index < -0.39 is 0 Å². The van der Waals surface area contributed by atoms with Crippen molar-refractivity contribution < 1.29 is 4.74 Å². The van der Waals surface area contributed by atoms with Gasteiger partial charge in [-0.05, 0) is 36.0 Å². The van der Waals surface area contributed by atoms with Crippen LogP contribution in [0.2, 0.25) is 5.15 Å². The maximum Gasteiger partial charge on any atom is 0.171 e. The number of nitrogens with one attached hydrogen (secondary N) is 1. The largest absolute Gasteiger partial charge is 0.494 e. The lowest BCUT2D eigenvalue weighted by atomic mass is 9.78. The summed E-state index contributed by atoms with van der Waals surface area (Å²) in [6, 6.07) is 2.62. The van der Waals surface area contributed by atoms with E-state index in [1.807, 2.05) is 12.3 Å². The molecule has 17 heavy (non-hydrogen) atoms. The van der Waals surface area contributed by atoms with Crippen molar-refractivity contribution in [1.29, 1.82) is 0 Å². The number of hydrogen-bond acceptors (Lipinski definition) is 3. The second-order valence-corrected chi connectivity index (χ2v) is 5.02. The second-order valence-electron chi connectivity index (χ2n) is 4.66. The van der Waals surface area contributed by atoms with E-state index in [9.17, 15) is 0 Å². The quantitative estimate of drug-likeness (QED) is 0.819. The van der Waals surface area contributed by atoms with Crippen LogP contribution in [0.25, 0.3) is 5.57 Å². The number of allylic oxidation sites excluding steroid dienone is 1. The number of ether oxygens (including phenoxy) is 1. The molecular weight excluding hydrogens is 236 g/mol. The average molecular weight is 251 g/mol. The number of fused-ring (bicyclic) bond motifs is 1. The molecule has 1 aromatic heterocycles. The molecule has 0 aromatic carbocycles. The Hall–Kier alpha value is -1.06. The number of hydrogen-bond donors (Lipinski definition) is 1. The van der Waals surface area contributed by atoms with Crippen molar-refractivity contribution in [1.82, 2.24) is 10.3 Å². The lowest BCUT2D eigenvalue weighted by Gasteiger charge is -2.41. The van der Waals surface area contributed by atoms with Crippen LogP contribution in [0, 0.1) is 5.92 Å². The summed E-state index contributed by atoms with van der Waals surface area (Å²) in [5.74, 6) is 1.48. The maximum absolute atomic E-state index is 5.93. The Morgan fingerprint density at radius 1 is 1.53 bits per heavy atom. The van der Waals surface area contributed by atoms with Crippen LogP contribution in [0.3, 0.4) is 0 Å². The summed E-state index contributed by atoms with van der Waals surface area (Å²) >= 11 is 5.93. The number of methoxy groups -OCH3 is 1. The van der Waals surface area contributed by atoms with E-state index in [1.165, 1.54) is 5.57 Å². The summed E-state index contributed by atoms with van der Waals surface area (Å²) in [5.41, 5.74) is 2.47. The zero-order chi connectivity index (χ0) is 11.8. The molecule has 2 heterocycles. The fraction of sp³-hybridized carbons (Fsp3) is 0.462. The van der Waals surface area contributed by atoms with Gasteiger partial charge in [-0.15, -0.1) is 0 Å². The highest BCUT2D eigenvalue weighted by Gasteiger charge is 2.33. The van der Waals surface area contributed by atoms with Crippen molar-refractivity contribution in [2.75, 3.05) is 13.7 Å². The van der Waals surface area contributed by atoms with Crippen LogP contribution in [-0.2, 0) is 0 Å². The molecule has 3 rings (SSSR count). The van der Waals surface area contributed by atoms with Gasteiger partial charge in [0.15, 0.2) is 10.9 Å². The smallest absolute Gasteiger partial charge is 0.171 e. The molecule has 3 nitrogen and oxygen atoms in total. The SMILES string of the molecule is COc1cc(C2=CC[C@H]3CN[C@H]3C2)cnc1Cl. The minimum atomic E-state index is 0.423. The Balaban J connectivity index is 1.88. The van der Waals surface area contributed by atoms with E-state index in [0.717, 1.165) is 30.9 Å². The van der Waals surface area contributed by atoms with Crippen LogP contribution in [-0.4, -0.2) is 24.7 Å². The number of nitrogens with zero attached hydrogens (tertiary/aromatic N) is 1. The van der Waals surface area contributed by atoms with Crippen LogP contribution in [0.4, 0.5) is 0 Å². The molecule has 1 fully saturated rings.